The summed E-state index contributed by atoms with van der Waals surface area (Å²) in [4.78, 5) is 6.17. The van der Waals surface area contributed by atoms with Gasteiger partial charge in [0.2, 0.25) is 0 Å². The van der Waals surface area contributed by atoms with Crippen molar-refractivity contribution in [1.29, 1.82) is 0 Å². The highest BCUT2D eigenvalue weighted by Crippen LogP contribution is 2.45. The van der Waals surface area contributed by atoms with Crippen molar-refractivity contribution < 1.29 is 22.6 Å². The predicted octanol–water partition coefficient (Wildman–Crippen LogP) is 6.31. The molecule has 1 aliphatic heterocycles. The molecule has 0 aliphatic carbocycles. The van der Waals surface area contributed by atoms with Gasteiger partial charge in [0.15, 0.2) is 5.69 Å². The zero-order chi connectivity index (χ0) is 22.3. The maximum Gasteiger partial charge on any atom is 0.434 e. The lowest BCUT2D eigenvalue weighted by atomic mass is 9.98. The molecule has 31 heavy (non-hydrogen) atoms. The maximum absolute atomic E-state index is 14.0. The van der Waals surface area contributed by atoms with Gasteiger partial charge in [-0.1, -0.05) is 18.2 Å². The van der Waals surface area contributed by atoms with Crippen molar-refractivity contribution in [1.82, 2.24) is 4.98 Å². The number of hydrogen-bond acceptors (Lipinski definition) is 4. The molecule has 0 spiro atoms. The summed E-state index contributed by atoms with van der Waals surface area (Å²) < 4.78 is 53.8. The maximum atomic E-state index is 14.0. The number of methoxy groups -OCH3 is 1. The number of fused-ring (bicyclic) bond motifs is 1. The molecule has 3 aromatic rings. The summed E-state index contributed by atoms with van der Waals surface area (Å²) in [5.41, 5.74) is 0.524. The van der Waals surface area contributed by atoms with Gasteiger partial charge < -0.3 is 14.4 Å². The van der Waals surface area contributed by atoms with Gasteiger partial charge >= 0.3 is 6.18 Å². The van der Waals surface area contributed by atoms with Crippen LogP contribution in [0.1, 0.15) is 19.5 Å². The molecule has 2 heterocycles. The van der Waals surface area contributed by atoms with Crippen LogP contribution in [-0.4, -0.2) is 37.4 Å². The highest BCUT2D eigenvalue weighted by molar-refractivity contribution is 9.10. The summed E-state index contributed by atoms with van der Waals surface area (Å²) in [6, 6.07) is 12.2. The Labute approximate surface area is 187 Å². The molecular weight excluding hydrogens is 473 g/mol. The first-order valence-corrected chi connectivity index (χ1v) is 10.7. The van der Waals surface area contributed by atoms with Crippen molar-refractivity contribution in [3.8, 4) is 16.9 Å². The van der Waals surface area contributed by atoms with Crippen LogP contribution in [-0.2, 0) is 10.9 Å². The first-order chi connectivity index (χ1) is 14.7. The monoisotopic (exact) mass is 494 g/mol. The van der Waals surface area contributed by atoms with E-state index in [1.54, 1.807) is 30.3 Å². The average Bonchev–Trinajstić information content (AvgIpc) is 2.71. The quantitative estimate of drug-likeness (QED) is 0.427. The Morgan fingerprint density at radius 3 is 2.29 bits per heavy atom. The molecule has 4 nitrogen and oxygen atoms in total. The molecule has 0 bridgehead atoms. The van der Waals surface area contributed by atoms with E-state index in [4.69, 9.17) is 9.47 Å². The summed E-state index contributed by atoms with van der Waals surface area (Å²) >= 11 is 3.30. The smallest absolute Gasteiger partial charge is 0.434 e. The van der Waals surface area contributed by atoms with Crippen LogP contribution >= 0.6 is 15.9 Å². The van der Waals surface area contributed by atoms with Gasteiger partial charge in [0.1, 0.15) is 5.75 Å². The lowest BCUT2D eigenvalue weighted by Crippen LogP contribution is -2.45. The molecule has 4 rings (SSSR count). The topological polar surface area (TPSA) is 34.6 Å². The lowest BCUT2D eigenvalue weighted by Gasteiger charge is -2.37. The van der Waals surface area contributed by atoms with Crippen LogP contribution in [0.4, 0.5) is 18.9 Å². The third kappa shape index (κ3) is 4.23. The normalized spacial score (nSPS) is 19.6. The van der Waals surface area contributed by atoms with Gasteiger partial charge in [0.05, 0.1) is 30.4 Å². The third-order valence-electron chi connectivity index (χ3n) is 5.33. The number of pyridine rings is 1. The summed E-state index contributed by atoms with van der Waals surface area (Å²) in [7, 11) is 1.38. The molecule has 1 fully saturated rings. The first-order valence-electron chi connectivity index (χ1n) is 9.93. The number of nitrogens with zero attached hydrogens (tertiary/aromatic N) is 2. The van der Waals surface area contributed by atoms with Crippen molar-refractivity contribution >= 4 is 32.5 Å². The van der Waals surface area contributed by atoms with E-state index in [1.807, 2.05) is 26.0 Å². The number of aromatic nitrogens is 1. The fourth-order valence-corrected chi connectivity index (χ4v) is 4.59. The van der Waals surface area contributed by atoms with E-state index in [0.29, 0.717) is 15.4 Å². The number of halogens is 4. The van der Waals surface area contributed by atoms with E-state index < -0.39 is 11.9 Å². The van der Waals surface area contributed by atoms with Crippen LogP contribution in [0, 0.1) is 0 Å². The summed E-state index contributed by atoms with van der Waals surface area (Å²) in [5.74, 6) is 0.153. The standard InChI is InChI=1S/C23H22BrF3N2O2/c1-13-11-29(12-14(2)31-13)16-9-7-15(8-10-16)19-21(30-3)17-5-4-6-18(24)20(17)28-22(19)23(25,26)27/h4-10,13-14H,11-12H2,1-3H3/t13-,14+. The van der Waals surface area contributed by atoms with E-state index in [-0.39, 0.29) is 29.0 Å². The highest BCUT2D eigenvalue weighted by atomic mass is 79.9. The van der Waals surface area contributed by atoms with E-state index in [0.717, 1.165) is 18.8 Å². The molecule has 1 aliphatic rings. The van der Waals surface area contributed by atoms with Crippen molar-refractivity contribution in [3.05, 3.63) is 52.6 Å². The fraction of sp³-hybridized carbons (Fsp3) is 0.348. The Bertz CT molecular complexity index is 1090. The minimum atomic E-state index is -4.64. The SMILES string of the molecule is COc1c(-c2ccc(N3C[C@@H](C)O[C@@H](C)C3)cc2)c(C(F)(F)F)nc2c(Br)cccc12. The van der Waals surface area contributed by atoms with Gasteiger partial charge in [0, 0.05) is 28.6 Å². The van der Waals surface area contributed by atoms with Crippen molar-refractivity contribution in [3.63, 3.8) is 0 Å². The molecule has 1 saturated heterocycles. The summed E-state index contributed by atoms with van der Waals surface area (Å²) in [6.45, 7) is 5.48. The molecule has 0 unspecified atom stereocenters. The Kier molecular flexibility index (Phi) is 5.87. The Balaban J connectivity index is 1.85. The van der Waals surface area contributed by atoms with Crippen LogP contribution in [0.5, 0.6) is 5.75 Å². The minimum Gasteiger partial charge on any atom is -0.495 e. The molecule has 0 radical (unpaired) electrons. The first kappa shape index (κ1) is 21.9. The van der Waals surface area contributed by atoms with Gasteiger partial charge in [-0.15, -0.1) is 0 Å². The number of benzene rings is 2. The molecule has 164 valence electrons. The third-order valence-corrected chi connectivity index (χ3v) is 5.97. The summed E-state index contributed by atoms with van der Waals surface area (Å²) in [6.07, 6.45) is -4.47. The second kappa shape index (κ2) is 8.31. The zero-order valence-corrected chi connectivity index (χ0v) is 18.9. The largest absolute Gasteiger partial charge is 0.495 e. The van der Waals surface area contributed by atoms with Gasteiger partial charge in [-0.3, -0.25) is 0 Å². The van der Waals surface area contributed by atoms with Crippen molar-refractivity contribution in [2.45, 2.75) is 32.2 Å². The Morgan fingerprint density at radius 2 is 1.71 bits per heavy atom. The van der Waals surface area contributed by atoms with E-state index >= 15 is 0 Å². The zero-order valence-electron chi connectivity index (χ0n) is 17.3. The molecule has 8 heteroatoms. The van der Waals surface area contributed by atoms with E-state index in [2.05, 4.69) is 25.8 Å². The van der Waals surface area contributed by atoms with Gasteiger partial charge in [-0.2, -0.15) is 13.2 Å². The number of ether oxygens (including phenoxy) is 2. The van der Waals surface area contributed by atoms with Gasteiger partial charge in [-0.05, 0) is 59.6 Å². The van der Waals surface area contributed by atoms with Crippen molar-refractivity contribution in [2.75, 3.05) is 25.1 Å². The van der Waals surface area contributed by atoms with Gasteiger partial charge in [-0.25, -0.2) is 4.98 Å². The number of alkyl halides is 3. The van der Waals surface area contributed by atoms with Crippen LogP contribution in [0.3, 0.4) is 0 Å². The Hall–Kier alpha value is -2.32. The molecular formula is C23H22BrF3N2O2. The van der Waals surface area contributed by atoms with Crippen LogP contribution < -0.4 is 9.64 Å². The number of rotatable bonds is 3. The number of hydrogen-bond donors (Lipinski definition) is 0. The second-order valence-corrected chi connectivity index (χ2v) is 8.57. The minimum absolute atomic E-state index is 0.0594. The average molecular weight is 495 g/mol. The fourth-order valence-electron chi connectivity index (χ4n) is 4.13. The number of morpholine rings is 1. The second-order valence-electron chi connectivity index (χ2n) is 7.71. The molecule has 0 saturated carbocycles. The number of anilines is 1. The molecule has 1 aromatic heterocycles. The molecule has 2 aromatic carbocycles. The van der Waals surface area contributed by atoms with Gasteiger partial charge in [0.25, 0.3) is 0 Å². The van der Waals surface area contributed by atoms with Crippen LogP contribution in [0.15, 0.2) is 46.9 Å². The van der Waals surface area contributed by atoms with Crippen molar-refractivity contribution in [2.24, 2.45) is 0 Å². The van der Waals surface area contributed by atoms with Crippen LogP contribution in [0.25, 0.3) is 22.0 Å². The van der Waals surface area contributed by atoms with Crippen LogP contribution in [0.2, 0.25) is 0 Å². The van der Waals surface area contributed by atoms with E-state index in [9.17, 15) is 13.2 Å². The predicted molar refractivity (Wildman–Crippen MR) is 119 cm³/mol. The van der Waals surface area contributed by atoms with E-state index in [1.165, 1.54) is 7.11 Å². The molecule has 2 atom stereocenters. The number of para-hydroxylation sites is 1. The lowest BCUT2D eigenvalue weighted by molar-refractivity contribution is -0.140. The Morgan fingerprint density at radius 1 is 1.06 bits per heavy atom. The highest BCUT2D eigenvalue weighted by Gasteiger charge is 2.38. The molecule has 0 amide bonds. The molecule has 0 N–H and O–H groups in total. The summed E-state index contributed by atoms with van der Waals surface area (Å²) in [5, 5.41) is 0.514.